The van der Waals surface area contributed by atoms with Crippen molar-refractivity contribution in [1.82, 2.24) is 24.5 Å². The predicted molar refractivity (Wildman–Crippen MR) is 104 cm³/mol. The highest BCUT2D eigenvalue weighted by molar-refractivity contribution is 7.91. The molecule has 138 valence electrons. The molecule has 0 saturated heterocycles. The number of anilines is 1. The Kier molecular flexibility index (Phi) is 4.84. The molecule has 0 aliphatic carbocycles. The van der Waals surface area contributed by atoms with E-state index in [-0.39, 0.29) is 6.54 Å². The third kappa shape index (κ3) is 3.82. The van der Waals surface area contributed by atoms with Gasteiger partial charge in [0.1, 0.15) is 10.0 Å². The maximum absolute atomic E-state index is 12.1. The number of hydrogen-bond donors (Lipinski definition) is 2. The number of benzene rings is 1. The van der Waals surface area contributed by atoms with Crippen molar-refractivity contribution in [3.05, 3.63) is 60.0 Å². The lowest BCUT2D eigenvalue weighted by Crippen LogP contribution is -2.28. The Morgan fingerprint density at radius 3 is 2.59 bits per heavy atom. The smallest absolute Gasteiger partial charge is 0.250 e. The van der Waals surface area contributed by atoms with E-state index in [4.69, 9.17) is 0 Å². The number of aromatic nitrogens is 4. The maximum atomic E-state index is 12.1. The molecule has 0 atom stereocenters. The molecule has 27 heavy (non-hydrogen) atoms. The Labute approximate surface area is 159 Å². The second kappa shape index (κ2) is 7.43. The molecule has 8 nitrogen and oxygen atoms in total. The summed E-state index contributed by atoms with van der Waals surface area (Å²) in [5.41, 5.74) is 1.55. The molecule has 3 heterocycles. The monoisotopic (exact) mass is 400 g/mol. The number of nitrogens with zero attached hydrogens (tertiary/aromatic N) is 4. The Morgan fingerprint density at radius 1 is 0.963 bits per heavy atom. The van der Waals surface area contributed by atoms with E-state index in [0.29, 0.717) is 28.0 Å². The van der Waals surface area contributed by atoms with Crippen LogP contribution in [0, 0.1) is 0 Å². The first-order valence-corrected chi connectivity index (χ1v) is 10.5. The molecule has 0 radical (unpaired) electrons. The minimum atomic E-state index is -3.46. The molecule has 4 aromatic rings. The van der Waals surface area contributed by atoms with Gasteiger partial charge in [0.05, 0.1) is 0 Å². The van der Waals surface area contributed by atoms with Crippen LogP contribution in [0.3, 0.4) is 0 Å². The van der Waals surface area contributed by atoms with Gasteiger partial charge in [-0.05, 0) is 23.6 Å². The van der Waals surface area contributed by atoms with Crippen molar-refractivity contribution < 1.29 is 8.42 Å². The summed E-state index contributed by atoms with van der Waals surface area (Å²) in [4.78, 5) is 0. The first kappa shape index (κ1) is 17.6. The lowest BCUT2D eigenvalue weighted by molar-refractivity contribution is 0.585. The Morgan fingerprint density at radius 2 is 1.81 bits per heavy atom. The van der Waals surface area contributed by atoms with E-state index in [2.05, 4.69) is 25.3 Å². The van der Waals surface area contributed by atoms with Gasteiger partial charge in [-0.1, -0.05) is 36.4 Å². The normalized spacial score (nSPS) is 11.7. The van der Waals surface area contributed by atoms with Gasteiger partial charge in [-0.3, -0.25) is 0 Å². The summed E-state index contributed by atoms with van der Waals surface area (Å²) in [5.74, 6) is 1.25. The van der Waals surface area contributed by atoms with Gasteiger partial charge in [-0.15, -0.1) is 26.6 Å². The molecule has 1 aromatic carbocycles. The van der Waals surface area contributed by atoms with Crippen molar-refractivity contribution in [3.8, 4) is 11.4 Å². The summed E-state index contributed by atoms with van der Waals surface area (Å²) in [6.45, 7) is 0.638. The van der Waals surface area contributed by atoms with Gasteiger partial charge >= 0.3 is 0 Å². The van der Waals surface area contributed by atoms with Crippen LogP contribution < -0.4 is 10.0 Å². The molecule has 2 N–H and O–H groups in total. The van der Waals surface area contributed by atoms with Gasteiger partial charge in [-0.2, -0.15) is 4.52 Å². The van der Waals surface area contributed by atoms with Crippen LogP contribution in [-0.2, 0) is 10.0 Å². The number of rotatable bonds is 7. The molecule has 10 heteroatoms. The van der Waals surface area contributed by atoms with Crippen LogP contribution in [0.25, 0.3) is 17.0 Å². The third-order valence-corrected chi connectivity index (χ3v) is 6.64. The van der Waals surface area contributed by atoms with E-state index in [1.54, 1.807) is 28.1 Å². The Balaban J connectivity index is 1.44. The van der Waals surface area contributed by atoms with Crippen LogP contribution >= 0.6 is 11.3 Å². The molecular formula is C17H16N6O2S2. The van der Waals surface area contributed by atoms with Gasteiger partial charge in [0.25, 0.3) is 0 Å². The van der Waals surface area contributed by atoms with Gasteiger partial charge in [0, 0.05) is 18.7 Å². The number of fused-ring (bicyclic) bond motifs is 1. The average molecular weight is 400 g/mol. The summed E-state index contributed by atoms with van der Waals surface area (Å²) in [5, 5.41) is 17.7. The van der Waals surface area contributed by atoms with Crippen LogP contribution in [0.5, 0.6) is 0 Å². The molecule has 0 bridgehead atoms. The first-order chi connectivity index (χ1) is 13.1. The lowest BCUT2D eigenvalue weighted by Gasteiger charge is -2.08. The quantitative estimate of drug-likeness (QED) is 0.462. The van der Waals surface area contributed by atoms with E-state index < -0.39 is 10.0 Å². The summed E-state index contributed by atoms with van der Waals surface area (Å²) < 4.78 is 28.7. The predicted octanol–water partition coefficient (Wildman–Crippen LogP) is 2.24. The van der Waals surface area contributed by atoms with Crippen molar-refractivity contribution in [2.75, 3.05) is 18.4 Å². The molecule has 0 spiro atoms. The topological polar surface area (TPSA) is 101 Å². The summed E-state index contributed by atoms with van der Waals surface area (Å²) in [6.07, 6.45) is 0. The standard InChI is InChI=1S/C17H16N6O2S2/c24-27(25,16-7-4-12-26-16)19-11-10-18-14-8-9-15-20-21-17(23(15)22-14)13-5-2-1-3-6-13/h1-9,12,19H,10-11H2,(H,18,22). The molecular weight excluding hydrogens is 384 g/mol. The summed E-state index contributed by atoms with van der Waals surface area (Å²) in [7, 11) is -3.46. The van der Waals surface area contributed by atoms with E-state index in [1.165, 1.54) is 11.3 Å². The van der Waals surface area contributed by atoms with Gasteiger partial charge < -0.3 is 5.32 Å². The third-order valence-electron chi connectivity index (χ3n) is 3.78. The Bertz CT molecular complexity index is 1140. The molecule has 0 aliphatic rings. The van der Waals surface area contributed by atoms with Crippen LogP contribution in [0.15, 0.2) is 64.2 Å². The minimum absolute atomic E-state index is 0.244. The van der Waals surface area contributed by atoms with Crippen LogP contribution in [-0.4, -0.2) is 41.3 Å². The lowest BCUT2D eigenvalue weighted by atomic mass is 10.2. The van der Waals surface area contributed by atoms with Crippen LogP contribution in [0.1, 0.15) is 0 Å². The van der Waals surface area contributed by atoms with Crippen LogP contribution in [0.4, 0.5) is 5.82 Å². The van der Waals surface area contributed by atoms with Crippen molar-refractivity contribution in [3.63, 3.8) is 0 Å². The highest BCUT2D eigenvalue weighted by Gasteiger charge is 2.14. The fourth-order valence-electron chi connectivity index (χ4n) is 2.51. The zero-order valence-electron chi connectivity index (χ0n) is 14.1. The molecule has 0 saturated carbocycles. The zero-order chi connectivity index (χ0) is 18.7. The van der Waals surface area contributed by atoms with E-state index in [1.807, 2.05) is 36.4 Å². The summed E-state index contributed by atoms with van der Waals surface area (Å²) in [6, 6.07) is 16.6. The van der Waals surface area contributed by atoms with Gasteiger partial charge in [-0.25, -0.2) is 13.1 Å². The molecule has 0 aliphatic heterocycles. The second-order valence-electron chi connectivity index (χ2n) is 5.63. The number of sulfonamides is 1. The van der Waals surface area contributed by atoms with Crippen LogP contribution in [0.2, 0.25) is 0 Å². The second-order valence-corrected chi connectivity index (χ2v) is 8.58. The first-order valence-electron chi connectivity index (χ1n) is 8.18. The fourth-order valence-corrected chi connectivity index (χ4v) is 4.58. The summed E-state index contributed by atoms with van der Waals surface area (Å²) >= 11 is 1.19. The average Bonchev–Trinajstić information content (AvgIpc) is 3.36. The molecule has 4 rings (SSSR count). The number of thiophene rings is 1. The minimum Gasteiger partial charge on any atom is -0.367 e. The van der Waals surface area contributed by atoms with E-state index >= 15 is 0 Å². The molecule has 0 amide bonds. The SMILES string of the molecule is O=S(=O)(NCCNc1ccc2nnc(-c3ccccc3)n2n1)c1cccs1. The van der Waals surface area contributed by atoms with Crippen molar-refractivity contribution in [2.24, 2.45) is 0 Å². The van der Waals surface area contributed by atoms with Crippen molar-refractivity contribution >= 4 is 32.8 Å². The maximum Gasteiger partial charge on any atom is 0.250 e. The van der Waals surface area contributed by atoms with E-state index in [9.17, 15) is 8.42 Å². The number of nitrogens with one attached hydrogen (secondary N) is 2. The zero-order valence-corrected chi connectivity index (χ0v) is 15.7. The van der Waals surface area contributed by atoms with Crippen molar-refractivity contribution in [2.45, 2.75) is 4.21 Å². The molecule has 3 aromatic heterocycles. The largest absolute Gasteiger partial charge is 0.367 e. The Hall–Kier alpha value is -2.82. The molecule has 0 unspecified atom stereocenters. The van der Waals surface area contributed by atoms with Gasteiger partial charge in [0.2, 0.25) is 10.0 Å². The highest BCUT2D eigenvalue weighted by atomic mass is 32.2. The van der Waals surface area contributed by atoms with Crippen molar-refractivity contribution in [1.29, 1.82) is 0 Å². The highest BCUT2D eigenvalue weighted by Crippen LogP contribution is 2.18. The number of hydrogen-bond acceptors (Lipinski definition) is 7. The van der Waals surface area contributed by atoms with Gasteiger partial charge in [0.15, 0.2) is 11.5 Å². The molecule has 0 fully saturated rings. The fraction of sp³-hybridized carbons (Fsp3) is 0.118. The van der Waals surface area contributed by atoms with E-state index in [0.717, 1.165) is 5.56 Å².